The van der Waals surface area contributed by atoms with Gasteiger partial charge in [-0.3, -0.25) is 14.3 Å². The van der Waals surface area contributed by atoms with E-state index in [1.807, 2.05) is 0 Å². The van der Waals surface area contributed by atoms with Crippen LogP contribution in [0.1, 0.15) is 5.56 Å². The maximum atomic E-state index is 12.3. The molecule has 0 radical (unpaired) electrons. The number of nitro benzene ring substituents is 1. The number of hydrogen-bond donors (Lipinski definition) is 1. The van der Waals surface area contributed by atoms with Crippen LogP contribution < -0.4 is 5.73 Å². The van der Waals surface area contributed by atoms with Crippen LogP contribution in [-0.2, 0) is 16.6 Å². The van der Waals surface area contributed by atoms with Crippen LogP contribution in [0.15, 0.2) is 51.8 Å². The van der Waals surface area contributed by atoms with E-state index >= 15 is 0 Å². The van der Waals surface area contributed by atoms with Gasteiger partial charge in [0.05, 0.1) is 26.4 Å². The molecular weight excluding hydrogens is 344 g/mol. The number of anilines is 1. The van der Waals surface area contributed by atoms with Crippen LogP contribution in [0.25, 0.3) is 0 Å². The molecule has 0 amide bonds. The monoisotopic (exact) mass is 354 g/mol. The standard InChI is InChI=1S/C13H11BrN2O3S/c14-10-3-6-12(15)13(7-10)20(19)8-9-1-4-11(5-2-9)16(17)18/h1-7H,8,15H2. The lowest BCUT2D eigenvalue weighted by molar-refractivity contribution is -0.384. The highest BCUT2D eigenvalue weighted by Gasteiger charge is 2.11. The Labute approximate surface area is 126 Å². The fourth-order valence-electron chi connectivity index (χ4n) is 1.65. The van der Waals surface area contributed by atoms with E-state index in [2.05, 4.69) is 15.9 Å². The number of rotatable bonds is 4. The molecule has 2 rings (SSSR count). The lowest BCUT2D eigenvalue weighted by Crippen LogP contribution is -2.01. The number of benzene rings is 2. The molecule has 5 nitrogen and oxygen atoms in total. The SMILES string of the molecule is Nc1ccc(Br)cc1S(=O)Cc1ccc([N+](=O)[O-])cc1. The van der Waals surface area contributed by atoms with E-state index in [1.165, 1.54) is 12.1 Å². The number of hydrogen-bond acceptors (Lipinski definition) is 4. The normalized spacial score (nSPS) is 12.1. The summed E-state index contributed by atoms with van der Waals surface area (Å²) in [7, 11) is -1.30. The zero-order chi connectivity index (χ0) is 14.7. The average molecular weight is 355 g/mol. The zero-order valence-electron chi connectivity index (χ0n) is 10.3. The third kappa shape index (κ3) is 3.43. The van der Waals surface area contributed by atoms with Gasteiger partial charge in [-0.05, 0) is 23.8 Å². The highest BCUT2D eigenvalue weighted by molar-refractivity contribution is 9.10. The van der Waals surface area contributed by atoms with Crippen molar-refractivity contribution in [1.29, 1.82) is 0 Å². The van der Waals surface area contributed by atoms with Gasteiger partial charge in [-0.2, -0.15) is 0 Å². The van der Waals surface area contributed by atoms with Crippen molar-refractivity contribution in [2.75, 3.05) is 5.73 Å². The summed E-state index contributed by atoms with van der Waals surface area (Å²) < 4.78 is 13.1. The summed E-state index contributed by atoms with van der Waals surface area (Å²) >= 11 is 3.31. The minimum atomic E-state index is -1.30. The van der Waals surface area contributed by atoms with Crippen LogP contribution in [0.3, 0.4) is 0 Å². The van der Waals surface area contributed by atoms with Gasteiger partial charge in [-0.1, -0.05) is 28.1 Å². The summed E-state index contributed by atoms with van der Waals surface area (Å²) in [6, 6.07) is 11.2. The van der Waals surface area contributed by atoms with E-state index in [0.29, 0.717) is 10.6 Å². The van der Waals surface area contributed by atoms with Crippen molar-refractivity contribution >= 4 is 38.1 Å². The molecule has 0 aliphatic heterocycles. The van der Waals surface area contributed by atoms with E-state index in [-0.39, 0.29) is 11.4 Å². The molecule has 1 unspecified atom stereocenters. The molecule has 0 aliphatic rings. The minimum Gasteiger partial charge on any atom is -0.398 e. The first kappa shape index (κ1) is 14.7. The first-order chi connectivity index (χ1) is 9.47. The molecule has 0 bridgehead atoms. The van der Waals surface area contributed by atoms with Crippen molar-refractivity contribution in [1.82, 2.24) is 0 Å². The lowest BCUT2D eigenvalue weighted by atomic mass is 10.2. The van der Waals surface area contributed by atoms with E-state index in [4.69, 9.17) is 5.73 Å². The van der Waals surface area contributed by atoms with Gasteiger partial charge in [0.15, 0.2) is 0 Å². The molecular formula is C13H11BrN2O3S. The Bertz CT molecular complexity index is 674. The summed E-state index contributed by atoms with van der Waals surface area (Å²) in [5.41, 5.74) is 7.04. The number of nitrogens with zero attached hydrogens (tertiary/aromatic N) is 1. The third-order valence-electron chi connectivity index (χ3n) is 2.67. The molecule has 2 aromatic rings. The number of nitrogen functional groups attached to an aromatic ring is 1. The molecule has 1 atom stereocenters. The summed E-state index contributed by atoms with van der Waals surface area (Å²) in [5, 5.41) is 10.6. The van der Waals surface area contributed by atoms with Gasteiger partial charge in [0.2, 0.25) is 0 Å². The molecule has 0 saturated heterocycles. The molecule has 0 saturated carbocycles. The fraction of sp³-hybridized carbons (Fsp3) is 0.0769. The van der Waals surface area contributed by atoms with Crippen LogP contribution >= 0.6 is 15.9 Å². The third-order valence-corrected chi connectivity index (χ3v) is 4.60. The van der Waals surface area contributed by atoms with Gasteiger partial charge in [-0.25, -0.2) is 0 Å². The van der Waals surface area contributed by atoms with E-state index in [0.717, 1.165) is 10.0 Å². The summed E-state index contributed by atoms with van der Waals surface area (Å²) in [6.07, 6.45) is 0. The molecule has 2 aromatic carbocycles. The maximum Gasteiger partial charge on any atom is 0.269 e. The van der Waals surface area contributed by atoms with Crippen LogP contribution in [0.5, 0.6) is 0 Å². The molecule has 0 fully saturated rings. The summed E-state index contributed by atoms with van der Waals surface area (Å²) in [5.74, 6) is 0.263. The van der Waals surface area contributed by atoms with Crippen molar-refractivity contribution in [2.45, 2.75) is 10.6 Å². The predicted molar refractivity (Wildman–Crippen MR) is 81.8 cm³/mol. The Morgan fingerprint density at radius 1 is 1.20 bits per heavy atom. The van der Waals surface area contributed by atoms with Gasteiger partial charge in [0.1, 0.15) is 0 Å². The molecule has 0 aromatic heterocycles. The van der Waals surface area contributed by atoms with Crippen molar-refractivity contribution in [3.63, 3.8) is 0 Å². The average Bonchev–Trinajstić information content (AvgIpc) is 2.42. The maximum absolute atomic E-state index is 12.3. The highest BCUT2D eigenvalue weighted by Crippen LogP contribution is 2.24. The summed E-state index contributed by atoms with van der Waals surface area (Å²) in [4.78, 5) is 10.7. The Balaban J connectivity index is 2.19. The molecule has 7 heteroatoms. The van der Waals surface area contributed by atoms with E-state index in [9.17, 15) is 14.3 Å². The number of nitro groups is 1. The van der Waals surface area contributed by atoms with Gasteiger partial charge >= 0.3 is 0 Å². The molecule has 104 valence electrons. The van der Waals surface area contributed by atoms with Gasteiger partial charge in [-0.15, -0.1) is 0 Å². The topological polar surface area (TPSA) is 86.2 Å². The van der Waals surface area contributed by atoms with Crippen molar-refractivity contribution in [3.8, 4) is 0 Å². The smallest absolute Gasteiger partial charge is 0.269 e. The second-order valence-corrected chi connectivity index (χ2v) is 6.43. The van der Waals surface area contributed by atoms with Crippen molar-refractivity contribution < 1.29 is 9.13 Å². The molecule has 20 heavy (non-hydrogen) atoms. The highest BCUT2D eigenvalue weighted by atomic mass is 79.9. The van der Waals surface area contributed by atoms with Crippen LogP contribution in [-0.4, -0.2) is 9.13 Å². The van der Waals surface area contributed by atoms with Crippen LogP contribution in [0, 0.1) is 10.1 Å². The predicted octanol–water partition coefficient (Wildman–Crippen LogP) is 3.25. The van der Waals surface area contributed by atoms with Crippen molar-refractivity contribution in [2.24, 2.45) is 0 Å². The van der Waals surface area contributed by atoms with Gasteiger partial charge in [0, 0.05) is 22.3 Å². The Morgan fingerprint density at radius 2 is 1.85 bits per heavy atom. The first-order valence-corrected chi connectivity index (χ1v) is 7.75. The molecule has 0 spiro atoms. The molecule has 2 N–H and O–H groups in total. The van der Waals surface area contributed by atoms with Crippen LogP contribution in [0.4, 0.5) is 11.4 Å². The lowest BCUT2D eigenvalue weighted by Gasteiger charge is -2.06. The Kier molecular flexibility index (Phi) is 4.51. The fourth-order valence-corrected chi connectivity index (χ4v) is 3.40. The first-order valence-electron chi connectivity index (χ1n) is 5.64. The molecule has 0 aliphatic carbocycles. The van der Waals surface area contributed by atoms with E-state index < -0.39 is 15.7 Å². The molecule has 0 heterocycles. The second kappa shape index (κ2) is 6.15. The van der Waals surface area contributed by atoms with Crippen molar-refractivity contribution in [3.05, 3.63) is 62.6 Å². The second-order valence-electron chi connectivity index (χ2n) is 4.10. The Morgan fingerprint density at radius 3 is 2.45 bits per heavy atom. The number of non-ortho nitro benzene ring substituents is 1. The number of nitrogens with two attached hydrogens (primary N) is 1. The quantitative estimate of drug-likeness (QED) is 0.518. The van der Waals surface area contributed by atoms with E-state index in [1.54, 1.807) is 30.3 Å². The van der Waals surface area contributed by atoms with Gasteiger partial charge in [0.25, 0.3) is 5.69 Å². The minimum absolute atomic E-state index is 0.0153. The van der Waals surface area contributed by atoms with Gasteiger partial charge < -0.3 is 5.73 Å². The Hall–Kier alpha value is -1.73. The summed E-state index contributed by atoms with van der Waals surface area (Å²) in [6.45, 7) is 0. The zero-order valence-corrected chi connectivity index (χ0v) is 12.7. The largest absolute Gasteiger partial charge is 0.398 e. The number of halogens is 1. The van der Waals surface area contributed by atoms with Crippen LogP contribution in [0.2, 0.25) is 0 Å².